The molecule has 0 fully saturated rings. The minimum Gasteiger partial charge on any atom is -0.350 e. The summed E-state index contributed by atoms with van der Waals surface area (Å²) in [5.41, 5.74) is 3.02. The number of fused-ring (bicyclic) bond motifs is 1. The molecule has 4 rings (SSSR count). The van der Waals surface area contributed by atoms with Gasteiger partial charge < -0.3 is 9.55 Å². The summed E-state index contributed by atoms with van der Waals surface area (Å²) in [7, 11) is 0. The molecule has 0 unspecified atom stereocenters. The molecule has 4 nitrogen and oxygen atoms in total. The number of H-pyrrole nitrogens is 1. The van der Waals surface area contributed by atoms with Gasteiger partial charge in [0.25, 0.3) is 5.91 Å². The zero-order valence-corrected chi connectivity index (χ0v) is 14.6. The van der Waals surface area contributed by atoms with Crippen LogP contribution in [0.15, 0.2) is 84.0 Å². The number of pyridine rings is 1. The standard InChI is InChI=1S/C21H16ClN3O/c22-17-10-9-16-12-19(23-18(16)13-17)21(26)24-20-8-4-5-11-25(20)14-15-6-2-1-3-7-15/h1-13,23H,14H2. The number of benzene rings is 2. The maximum Gasteiger partial charge on any atom is 0.295 e. The molecule has 128 valence electrons. The van der Waals surface area contributed by atoms with Gasteiger partial charge in [-0.1, -0.05) is 54.1 Å². The van der Waals surface area contributed by atoms with Gasteiger partial charge in [-0.2, -0.15) is 4.99 Å². The number of hydrogen-bond donors (Lipinski definition) is 1. The van der Waals surface area contributed by atoms with Crippen LogP contribution in [-0.4, -0.2) is 15.5 Å². The Morgan fingerprint density at radius 2 is 1.81 bits per heavy atom. The van der Waals surface area contributed by atoms with Gasteiger partial charge in [0, 0.05) is 28.7 Å². The molecule has 0 radical (unpaired) electrons. The van der Waals surface area contributed by atoms with Crippen LogP contribution in [0, 0.1) is 0 Å². The van der Waals surface area contributed by atoms with Crippen molar-refractivity contribution in [2.45, 2.75) is 6.54 Å². The Kier molecular flexibility index (Phi) is 4.42. The van der Waals surface area contributed by atoms with Gasteiger partial charge in [-0.15, -0.1) is 0 Å². The van der Waals surface area contributed by atoms with Crippen molar-refractivity contribution in [1.29, 1.82) is 0 Å². The Bertz CT molecular complexity index is 1140. The van der Waals surface area contributed by atoms with E-state index in [-0.39, 0.29) is 5.91 Å². The molecule has 2 heterocycles. The molecule has 1 amide bonds. The van der Waals surface area contributed by atoms with E-state index in [2.05, 4.69) is 9.98 Å². The number of amides is 1. The quantitative estimate of drug-likeness (QED) is 0.577. The SMILES string of the molecule is O=C(N=c1ccccn1Cc1ccccc1)c1cc2ccc(Cl)cc2[nH]1. The summed E-state index contributed by atoms with van der Waals surface area (Å²) in [6.45, 7) is 0.649. The van der Waals surface area contributed by atoms with Crippen molar-refractivity contribution in [2.75, 3.05) is 0 Å². The summed E-state index contributed by atoms with van der Waals surface area (Å²) in [6.07, 6.45) is 1.92. The number of carbonyl (C=O) groups is 1. The lowest BCUT2D eigenvalue weighted by Crippen LogP contribution is -2.22. The smallest absolute Gasteiger partial charge is 0.295 e. The van der Waals surface area contributed by atoms with Crippen LogP contribution in [0.4, 0.5) is 0 Å². The fraction of sp³-hybridized carbons (Fsp3) is 0.0476. The van der Waals surface area contributed by atoms with Crippen molar-refractivity contribution in [1.82, 2.24) is 9.55 Å². The van der Waals surface area contributed by atoms with E-state index in [0.29, 0.717) is 22.7 Å². The average molecular weight is 362 g/mol. The van der Waals surface area contributed by atoms with E-state index in [9.17, 15) is 4.79 Å². The van der Waals surface area contributed by atoms with Crippen LogP contribution in [0.5, 0.6) is 0 Å². The fourth-order valence-corrected chi connectivity index (χ4v) is 3.03. The molecule has 2 aromatic heterocycles. The van der Waals surface area contributed by atoms with E-state index in [0.717, 1.165) is 16.5 Å². The summed E-state index contributed by atoms with van der Waals surface area (Å²) in [5.74, 6) is -0.315. The molecule has 0 aliphatic heterocycles. The molecule has 0 saturated heterocycles. The lowest BCUT2D eigenvalue weighted by molar-refractivity contribution is 0.0993. The van der Waals surface area contributed by atoms with E-state index in [1.807, 2.05) is 65.4 Å². The third kappa shape index (κ3) is 3.46. The van der Waals surface area contributed by atoms with Crippen LogP contribution < -0.4 is 5.49 Å². The number of carbonyl (C=O) groups excluding carboxylic acids is 1. The molecule has 0 aliphatic carbocycles. The third-order valence-corrected chi connectivity index (χ3v) is 4.38. The topological polar surface area (TPSA) is 50.1 Å². The molecule has 0 saturated carbocycles. The molecular weight excluding hydrogens is 346 g/mol. The van der Waals surface area contributed by atoms with Gasteiger partial charge in [0.05, 0.1) is 0 Å². The van der Waals surface area contributed by atoms with Crippen LogP contribution in [0.25, 0.3) is 10.9 Å². The molecule has 26 heavy (non-hydrogen) atoms. The number of nitrogens with one attached hydrogen (secondary N) is 1. The zero-order chi connectivity index (χ0) is 17.9. The highest BCUT2D eigenvalue weighted by molar-refractivity contribution is 6.31. The molecule has 0 bridgehead atoms. The van der Waals surface area contributed by atoms with Gasteiger partial charge in [0.15, 0.2) is 0 Å². The molecule has 0 atom stereocenters. The number of halogens is 1. The van der Waals surface area contributed by atoms with Gasteiger partial charge in [-0.3, -0.25) is 4.79 Å². The van der Waals surface area contributed by atoms with Crippen LogP contribution in [0.2, 0.25) is 5.02 Å². The van der Waals surface area contributed by atoms with Gasteiger partial charge >= 0.3 is 0 Å². The highest BCUT2D eigenvalue weighted by atomic mass is 35.5. The number of rotatable bonds is 3. The first-order valence-electron chi connectivity index (χ1n) is 8.26. The second-order valence-electron chi connectivity index (χ2n) is 6.00. The van der Waals surface area contributed by atoms with Crippen molar-refractivity contribution in [3.8, 4) is 0 Å². The van der Waals surface area contributed by atoms with Gasteiger partial charge in [0.1, 0.15) is 11.2 Å². The van der Waals surface area contributed by atoms with E-state index < -0.39 is 0 Å². The van der Waals surface area contributed by atoms with E-state index in [1.54, 1.807) is 18.2 Å². The summed E-state index contributed by atoms with van der Waals surface area (Å²) in [5, 5.41) is 1.55. The van der Waals surface area contributed by atoms with Crippen molar-refractivity contribution in [3.63, 3.8) is 0 Å². The second kappa shape index (κ2) is 7.02. The van der Waals surface area contributed by atoms with Crippen molar-refractivity contribution >= 4 is 28.4 Å². The fourth-order valence-electron chi connectivity index (χ4n) is 2.86. The minimum atomic E-state index is -0.315. The Balaban J connectivity index is 1.70. The van der Waals surface area contributed by atoms with Crippen LogP contribution in [0.1, 0.15) is 16.1 Å². The summed E-state index contributed by atoms with van der Waals surface area (Å²) >= 11 is 6.00. The molecular formula is C21H16ClN3O. The first-order valence-corrected chi connectivity index (χ1v) is 8.63. The second-order valence-corrected chi connectivity index (χ2v) is 6.44. The highest BCUT2D eigenvalue weighted by Gasteiger charge is 2.09. The lowest BCUT2D eigenvalue weighted by Gasteiger charge is -2.07. The summed E-state index contributed by atoms with van der Waals surface area (Å²) in [6, 6.07) is 23.0. The summed E-state index contributed by atoms with van der Waals surface area (Å²) < 4.78 is 1.95. The van der Waals surface area contributed by atoms with Crippen LogP contribution in [-0.2, 0) is 6.54 Å². The maximum atomic E-state index is 12.6. The normalized spacial score (nSPS) is 11.8. The van der Waals surface area contributed by atoms with Gasteiger partial charge in [0.2, 0.25) is 0 Å². The highest BCUT2D eigenvalue weighted by Crippen LogP contribution is 2.20. The predicted molar refractivity (Wildman–Crippen MR) is 103 cm³/mol. The van der Waals surface area contributed by atoms with E-state index >= 15 is 0 Å². The Hall–Kier alpha value is -3.11. The molecule has 2 aromatic carbocycles. The first-order chi connectivity index (χ1) is 12.7. The largest absolute Gasteiger partial charge is 0.350 e. The maximum absolute atomic E-state index is 12.6. The number of nitrogens with zero attached hydrogens (tertiary/aromatic N) is 2. The summed E-state index contributed by atoms with van der Waals surface area (Å²) in [4.78, 5) is 20.0. The lowest BCUT2D eigenvalue weighted by atomic mass is 10.2. The number of aromatic nitrogens is 2. The molecule has 0 aliphatic rings. The Morgan fingerprint density at radius 3 is 2.65 bits per heavy atom. The minimum absolute atomic E-state index is 0.315. The van der Waals surface area contributed by atoms with Gasteiger partial charge in [-0.05, 0) is 35.9 Å². The third-order valence-electron chi connectivity index (χ3n) is 4.14. The van der Waals surface area contributed by atoms with E-state index in [1.165, 1.54) is 0 Å². The first kappa shape index (κ1) is 16.4. The van der Waals surface area contributed by atoms with Crippen LogP contribution in [0.3, 0.4) is 0 Å². The molecule has 1 N–H and O–H groups in total. The zero-order valence-electron chi connectivity index (χ0n) is 13.9. The Morgan fingerprint density at radius 1 is 1.00 bits per heavy atom. The molecule has 4 aromatic rings. The monoisotopic (exact) mass is 361 g/mol. The van der Waals surface area contributed by atoms with Gasteiger partial charge in [-0.25, -0.2) is 0 Å². The molecule has 0 spiro atoms. The van der Waals surface area contributed by atoms with Crippen molar-refractivity contribution < 1.29 is 4.79 Å². The number of hydrogen-bond acceptors (Lipinski definition) is 1. The Labute approximate surface area is 155 Å². The van der Waals surface area contributed by atoms with Crippen molar-refractivity contribution in [3.05, 3.63) is 101 Å². The number of aromatic amines is 1. The average Bonchev–Trinajstić information content (AvgIpc) is 3.07. The molecule has 5 heteroatoms. The van der Waals surface area contributed by atoms with Crippen LogP contribution >= 0.6 is 11.6 Å². The van der Waals surface area contributed by atoms with E-state index in [4.69, 9.17) is 11.6 Å². The van der Waals surface area contributed by atoms with Crippen molar-refractivity contribution in [2.24, 2.45) is 4.99 Å². The predicted octanol–water partition coefficient (Wildman–Crippen LogP) is 4.41.